The van der Waals surface area contributed by atoms with Gasteiger partial charge in [-0.15, -0.1) is 0 Å². The summed E-state index contributed by atoms with van der Waals surface area (Å²) in [5.41, 5.74) is 0. The zero-order valence-corrected chi connectivity index (χ0v) is 55.6. The van der Waals surface area contributed by atoms with E-state index in [-0.39, 0.29) is 18.5 Å². The number of amides is 1. The molecule has 0 aromatic rings. The molecule has 0 aromatic carbocycles. The summed E-state index contributed by atoms with van der Waals surface area (Å²) in [5, 5.41) is 23.4. The monoisotopic (exact) mass is 1140 g/mol. The van der Waals surface area contributed by atoms with Gasteiger partial charge in [-0.25, -0.2) is 0 Å². The fraction of sp³-hybridized carbons (Fsp3) is 0.973. The van der Waals surface area contributed by atoms with E-state index in [4.69, 9.17) is 4.74 Å². The van der Waals surface area contributed by atoms with Crippen LogP contribution in [0.4, 0.5) is 0 Å². The lowest BCUT2D eigenvalue weighted by atomic mass is 10.0. The van der Waals surface area contributed by atoms with E-state index < -0.39 is 12.1 Å². The summed E-state index contributed by atoms with van der Waals surface area (Å²) < 4.78 is 5.48. The van der Waals surface area contributed by atoms with E-state index in [2.05, 4.69) is 19.2 Å². The molecule has 0 heterocycles. The number of rotatable bonds is 72. The van der Waals surface area contributed by atoms with Crippen LogP contribution in [0.25, 0.3) is 0 Å². The standard InChI is InChI=1S/C75H149NO5/c1-3-5-7-9-11-13-15-16-17-18-38-41-44-48-51-55-59-63-67-73(78)72(71-77)76-74(79)68-64-60-56-52-49-45-42-39-36-34-32-30-28-26-24-22-20-19-21-23-25-27-29-31-33-35-37-40-43-46-50-54-58-62-66-70-81-75(80)69-65-61-57-53-47-14-12-10-8-6-4-2/h72-73,77-78H,3-71H2,1-2H3,(H,76,79). The molecule has 2 unspecified atom stereocenters. The van der Waals surface area contributed by atoms with Gasteiger partial charge in [0.1, 0.15) is 0 Å². The molecule has 6 nitrogen and oxygen atoms in total. The number of hydrogen-bond acceptors (Lipinski definition) is 5. The second kappa shape index (κ2) is 71.3. The van der Waals surface area contributed by atoms with Crippen molar-refractivity contribution in [3.05, 3.63) is 0 Å². The molecule has 0 aromatic heterocycles. The normalized spacial score (nSPS) is 12.4. The van der Waals surface area contributed by atoms with E-state index in [1.807, 2.05) is 0 Å². The van der Waals surface area contributed by atoms with Crippen LogP contribution in [0.3, 0.4) is 0 Å². The van der Waals surface area contributed by atoms with Crippen molar-refractivity contribution in [2.45, 2.75) is 456 Å². The van der Waals surface area contributed by atoms with Gasteiger partial charge in [-0.1, -0.05) is 406 Å². The van der Waals surface area contributed by atoms with Crippen molar-refractivity contribution in [3.8, 4) is 0 Å². The molecule has 1 amide bonds. The van der Waals surface area contributed by atoms with Crippen LogP contribution in [0.1, 0.15) is 444 Å². The van der Waals surface area contributed by atoms with Crippen molar-refractivity contribution in [3.63, 3.8) is 0 Å². The molecule has 0 aliphatic carbocycles. The minimum absolute atomic E-state index is 0.0234. The molecule has 0 radical (unpaired) electrons. The highest BCUT2D eigenvalue weighted by Gasteiger charge is 2.20. The Morgan fingerprint density at radius 1 is 0.296 bits per heavy atom. The molecule has 0 aliphatic rings. The second-order valence-corrected chi connectivity index (χ2v) is 26.4. The highest BCUT2D eigenvalue weighted by Crippen LogP contribution is 2.20. The minimum atomic E-state index is -0.660. The van der Waals surface area contributed by atoms with E-state index in [1.165, 1.54) is 372 Å². The van der Waals surface area contributed by atoms with Crippen LogP contribution in [0.2, 0.25) is 0 Å². The Morgan fingerprint density at radius 3 is 0.753 bits per heavy atom. The van der Waals surface area contributed by atoms with Crippen LogP contribution in [0.5, 0.6) is 0 Å². The van der Waals surface area contributed by atoms with E-state index in [9.17, 15) is 19.8 Å². The third-order valence-corrected chi connectivity index (χ3v) is 18.2. The van der Waals surface area contributed by atoms with Crippen LogP contribution in [0.15, 0.2) is 0 Å². The fourth-order valence-electron chi connectivity index (χ4n) is 12.4. The lowest BCUT2D eigenvalue weighted by molar-refractivity contribution is -0.143. The molecule has 0 spiro atoms. The number of unbranched alkanes of at least 4 members (excludes halogenated alkanes) is 61. The van der Waals surface area contributed by atoms with Crippen molar-refractivity contribution < 1.29 is 24.5 Å². The van der Waals surface area contributed by atoms with Gasteiger partial charge in [0.05, 0.1) is 25.4 Å². The maximum Gasteiger partial charge on any atom is 0.305 e. The average molecular weight is 1150 g/mol. The number of aliphatic hydroxyl groups is 2. The lowest BCUT2D eigenvalue weighted by Crippen LogP contribution is -2.45. The Bertz CT molecular complexity index is 1180. The van der Waals surface area contributed by atoms with Crippen LogP contribution in [0, 0.1) is 0 Å². The van der Waals surface area contributed by atoms with Gasteiger partial charge in [0, 0.05) is 12.8 Å². The molecule has 0 bridgehead atoms. The molecule has 0 fully saturated rings. The average Bonchev–Trinajstić information content (AvgIpc) is 3.47. The smallest absolute Gasteiger partial charge is 0.305 e. The zero-order valence-electron chi connectivity index (χ0n) is 55.6. The van der Waals surface area contributed by atoms with Crippen molar-refractivity contribution in [1.29, 1.82) is 0 Å². The third kappa shape index (κ3) is 67.9. The first kappa shape index (κ1) is 79.9. The Morgan fingerprint density at radius 2 is 0.506 bits per heavy atom. The van der Waals surface area contributed by atoms with Crippen LogP contribution < -0.4 is 5.32 Å². The van der Waals surface area contributed by atoms with E-state index >= 15 is 0 Å². The third-order valence-electron chi connectivity index (χ3n) is 18.2. The maximum absolute atomic E-state index is 12.5. The summed E-state index contributed by atoms with van der Waals surface area (Å²) in [6.07, 6.45) is 87.6. The molecular weight excluding hydrogens is 995 g/mol. The summed E-state index contributed by atoms with van der Waals surface area (Å²) in [4.78, 5) is 24.6. The van der Waals surface area contributed by atoms with Crippen molar-refractivity contribution in [2.24, 2.45) is 0 Å². The Kier molecular flexibility index (Phi) is 70.3. The Labute approximate surface area is 508 Å². The number of esters is 1. The highest BCUT2D eigenvalue weighted by atomic mass is 16.5. The quantitative estimate of drug-likeness (QED) is 0.0417. The van der Waals surface area contributed by atoms with Crippen LogP contribution in [-0.2, 0) is 14.3 Å². The number of hydrogen-bond donors (Lipinski definition) is 3. The number of ether oxygens (including phenoxy) is 1. The molecule has 2 atom stereocenters. The van der Waals surface area contributed by atoms with E-state index in [1.54, 1.807) is 0 Å². The predicted molar refractivity (Wildman–Crippen MR) is 357 cm³/mol. The lowest BCUT2D eigenvalue weighted by Gasteiger charge is -2.22. The Hall–Kier alpha value is -1.14. The number of carbonyl (C=O) groups is 2. The van der Waals surface area contributed by atoms with Crippen LogP contribution in [-0.4, -0.2) is 47.4 Å². The summed E-state index contributed by atoms with van der Waals surface area (Å²) in [7, 11) is 0. The predicted octanol–water partition coefficient (Wildman–Crippen LogP) is 24.5. The first-order valence-electron chi connectivity index (χ1n) is 37.8. The van der Waals surface area contributed by atoms with Gasteiger partial charge >= 0.3 is 5.97 Å². The van der Waals surface area contributed by atoms with Gasteiger partial charge in [0.2, 0.25) is 5.91 Å². The summed E-state index contributed by atoms with van der Waals surface area (Å²) >= 11 is 0. The molecule has 484 valence electrons. The van der Waals surface area contributed by atoms with Crippen molar-refractivity contribution >= 4 is 11.9 Å². The fourth-order valence-corrected chi connectivity index (χ4v) is 12.4. The molecule has 0 aliphatic heterocycles. The van der Waals surface area contributed by atoms with Crippen molar-refractivity contribution in [2.75, 3.05) is 13.2 Å². The van der Waals surface area contributed by atoms with Gasteiger partial charge in [-0.2, -0.15) is 0 Å². The molecule has 0 saturated carbocycles. The molecule has 0 rings (SSSR count). The summed E-state index contributed by atoms with van der Waals surface area (Å²) in [5.74, 6) is -0.00111. The largest absolute Gasteiger partial charge is 0.466 e. The van der Waals surface area contributed by atoms with Gasteiger partial charge in [0.25, 0.3) is 0 Å². The number of nitrogens with one attached hydrogen (secondary N) is 1. The van der Waals surface area contributed by atoms with Gasteiger partial charge < -0.3 is 20.3 Å². The Balaban J connectivity index is 3.30. The summed E-state index contributed by atoms with van der Waals surface area (Å²) in [6.45, 7) is 5.00. The number of aliphatic hydroxyl groups excluding tert-OH is 2. The van der Waals surface area contributed by atoms with E-state index in [0.717, 1.165) is 38.5 Å². The first-order valence-corrected chi connectivity index (χ1v) is 37.8. The van der Waals surface area contributed by atoms with Gasteiger partial charge in [0.15, 0.2) is 0 Å². The zero-order chi connectivity index (χ0) is 58.5. The SMILES string of the molecule is CCCCCCCCCCCCCCCCCCCCC(O)C(CO)NC(=O)CCCCCCCCCCCCCCCCCCCCCCCCCCCCCCCCCCCCCOC(=O)CCCCCCCCCCCCC. The van der Waals surface area contributed by atoms with Gasteiger partial charge in [-0.3, -0.25) is 9.59 Å². The maximum atomic E-state index is 12.5. The van der Waals surface area contributed by atoms with Gasteiger partial charge in [-0.05, 0) is 25.7 Å². The first-order chi connectivity index (χ1) is 40.0. The van der Waals surface area contributed by atoms with Crippen molar-refractivity contribution in [1.82, 2.24) is 5.32 Å². The number of carbonyl (C=O) groups excluding carboxylic acids is 2. The topological polar surface area (TPSA) is 95.9 Å². The second-order valence-electron chi connectivity index (χ2n) is 26.4. The minimum Gasteiger partial charge on any atom is -0.466 e. The van der Waals surface area contributed by atoms with Crippen LogP contribution >= 0.6 is 0 Å². The molecule has 3 N–H and O–H groups in total. The summed E-state index contributed by atoms with van der Waals surface area (Å²) in [6, 6.07) is -0.537. The molecule has 0 saturated heterocycles. The molecular formula is C75H149NO5. The van der Waals surface area contributed by atoms with E-state index in [0.29, 0.717) is 25.9 Å². The molecule has 6 heteroatoms. The molecule has 81 heavy (non-hydrogen) atoms. The highest BCUT2D eigenvalue weighted by molar-refractivity contribution is 5.76.